The van der Waals surface area contributed by atoms with E-state index in [9.17, 15) is 0 Å². The van der Waals surface area contributed by atoms with Gasteiger partial charge in [0, 0.05) is 6.61 Å². The molecule has 2 heteroatoms. The van der Waals surface area contributed by atoms with Crippen molar-refractivity contribution in [1.82, 2.24) is 0 Å². The number of hydrogen-bond donors (Lipinski definition) is 1. The minimum absolute atomic E-state index is 0. The van der Waals surface area contributed by atoms with Gasteiger partial charge in [0.1, 0.15) is 0 Å². The van der Waals surface area contributed by atoms with Gasteiger partial charge in [-0.2, -0.15) is 6.42 Å². The monoisotopic (exact) mass is 250 g/mol. The first-order chi connectivity index (χ1) is 7.91. The van der Waals surface area contributed by atoms with Crippen LogP contribution in [-0.2, 0) is 0 Å². The van der Waals surface area contributed by atoms with E-state index in [0.717, 1.165) is 12.8 Å². The summed E-state index contributed by atoms with van der Waals surface area (Å²) < 4.78 is 0. The van der Waals surface area contributed by atoms with Gasteiger partial charge < -0.3 is 12.0 Å². The van der Waals surface area contributed by atoms with Gasteiger partial charge in [0.15, 0.2) is 0 Å². The van der Waals surface area contributed by atoms with Crippen LogP contribution in [0.5, 0.6) is 0 Å². The molecule has 17 heavy (non-hydrogen) atoms. The second-order valence-electron chi connectivity index (χ2n) is 4.82. The number of rotatable bonds is 13. The fourth-order valence-electron chi connectivity index (χ4n) is 2.06. The Morgan fingerprint density at radius 1 is 0.529 bits per heavy atom. The number of hydrogen-bond acceptors (Lipinski definition) is 1. The van der Waals surface area contributed by atoms with Crippen molar-refractivity contribution in [1.29, 1.82) is 0 Å². The van der Waals surface area contributed by atoms with Gasteiger partial charge in [0.05, 0.1) is 0 Å². The first kappa shape index (κ1) is 20.3. The fraction of sp³-hybridized carbons (Fsp3) is 0.933. The first-order valence-electron chi connectivity index (χ1n) is 7.32. The molecule has 0 radical (unpaired) electrons. The van der Waals surface area contributed by atoms with Crippen LogP contribution in [-0.4, -0.2) is 11.7 Å². The Labute approximate surface area is 131 Å². The normalized spacial score (nSPS) is 10.2. The Hall–Kier alpha value is 0.960. The van der Waals surface area contributed by atoms with Gasteiger partial charge in [-0.15, -0.1) is 0 Å². The largest absolute Gasteiger partial charge is 1.00 e. The molecule has 0 bridgehead atoms. The Morgan fingerprint density at radius 3 is 1.12 bits per heavy atom. The van der Waals surface area contributed by atoms with Crippen LogP contribution in [0.3, 0.4) is 0 Å². The molecule has 0 aliphatic carbocycles. The zero-order valence-corrected chi connectivity index (χ0v) is 14.1. The summed E-state index contributed by atoms with van der Waals surface area (Å²) in [6, 6.07) is 0. The van der Waals surface area contributed by atoms with E-state index in [1.807, 2.05) is 0 Å². The van der Waals surface area contributed by atoms with Crippen molar-refractivity contribution < 1.29 is 34.7 Å². The van der Waals surface area contributed by atoms with Gasteiger partial charge in [-0.05, 0) is 6.42 Å². The molecule has 0 atom stereocenters. The van der Waals surface area contributed by atoms with Crippen molar-refractivity contribution in [3.63, 3.8) is 0 Å². The van der Waals surface area contributed by atoms with Crippen LogP contribution in [0, 0.1) is 6.92 Å². The van der Waals surface area contributed by atoms with Gasteiger partial charge in [-0.3, -0.25) is 0 Å². The van der Waals surface area contributed by atoms with E-state index in [-0.39, 0.29) is 29.6 Å². The third kappa shape index (κ3) is 19.5. The molecule has 0 fully saturated rings. The van der Waals surface area contributed by atoms with E-state index >= 15 is 0 Å². The van der Waals surface area contributed by atoms with E-state index in [2.05, 4.69) is 6.92 Å². The van der Waals surface area contributed by atoms with Crippen LogP contribution < -0.4 is 29.6 Å². The molecule has 1 N–H and O–H groups in total. The Kier molecular flexibility index (Phi) is 23.0. The molecule has 0 aromatic rings. The molecule has 0 saturated heterocycles. The summed E-state index contributed by atoms with van der Waals surface area (Å²) >= 11 is 0. The van der Waals surface area contributed by atoms with Gasteiger partial charge in [0.2, 0.25) is 0 Å². The SMILES string of the molecule is [CH2-]CCCCCCCCCCCCCCO.[Na+]. The summed E-state index contributed by atoms with van der Waals surface area (Å²) in [5.74, 6) is 0. The van der Waals surface area contributed by atoms with Gasteiger partial charge in [-0.25, -0.2) is 0 Å². The van der Waals surface area contributed by atoms with Gasteiger partial charge >= 0.3 is 29.6 Å². The molecule has 0 aliphatic rings. The minimum Gasteiger partial charge on any atom is -0.396 e. The standard InChI is InChI=1S/C15H31O.Na/c1-2-3-4-5-6-7-8-9-10-11-12-13-14-15-16;/h16H,1-15H2;/q-1;+1. The maximum Gasteiger partial charge on any atom is 1.00 e. The van der Waals surface area contributed by atoms with Crippen LogP contribution >= 0.6 is 0 Å². The van der Waals surface area contributed by atoms with Crippen LogP contribution in [0.4, 0.5) is 0 Å². The predicted molar refractivity (Wildman–Crippen MR) is 72.5 cm³/mol. The Morgan fingerprint density at radius 2 is 0.824 bits per heavy atom. The molecule has 0 rings (SSSR count). The molecular formula is C15H31NaO. The second kappa shape index (κ2) is 19.3. The van der Waals surface area contributed by atoms with E-state index in [1.54, 1.807) is 0 Å². The number of aliphatic hydroxyl groups is 1. The van der Waals surface area contributed by atoms with Gasteiger partial charge in [-0.1, -0.05) is 70.6 Å². The number of aliphatic hydroxyl groups excluding tert-OH is 1. The van der Waals surface area contributed by atoms with Crippen molar-refractivity contribution in [3.05, 3.63) is 6.92 Å². The van der Waals surface area contributed by atoms with Crippen LogP contribution in [0.15, 0.2) is 0 Å². The molecule has 0 saturated carbocycles. The zero-order valence-electron chi connectivity index (χ0n) is 12.1. The average Bonchev–Trinajstić information content (AvgIpc) is 2.31. The molecule has 0 aromatic heterocycles. The van der Waals surface area contributed by atoms with Crippen LogP contribution in [0.2, 0.25) is 0 Å². The first-order valence-corrected chi connectivity index (χ1v) is 7.32. The molecule has 0 aromatic carbocycles. The summed E-state index contributed by atoms with van der Waals surface area (Å²) in [6.07, 6.45) is 17.1. The summed E-state index contributed by atoms with van der Waals surface area (Å²) in [6.45, 7) is 4.23. The summed E-state index contributed by atoms with van der Waals surface area (Å²) in [5.41, 5.74) is 0. The molecule has 0 aliphatic heterocycles. The average molecular weight is 250 g/mol. The maximum absolute atomic E-state index is 8.62. The molecule has 1 nitrogen and oxygen atoms in total. The molecule has 0 spiro atoms. The topological polar surface area (TPSA) is 20.2 Å². The summed E-state index contributed by atoms with van der Waals surface area (Å²) in [4.78, 5) is 0. The smallest absolute Gasteiger partial charge is 0.396 e. The van der Waals surface area contributed by atoms with Crippen molar-refractivity contribution >= 4 is 0 Å². The maximum atomic E-state index is 8.62. The molecule has 0 unspecified atom stereocenters. The molecule has 0 amide bonds. The van der Waals surface area contributed by atoms with E-state index in [4.69, 9.17) is 5.11 Å². The van der Waals surface area contributed by atoms with E-state index in [0.29, 0.717) is 6.61 Å². The Bertz CT molecular complexity index is 103. The predicted octanol–water partition coefficient (Wildman–Crippen LogP) is 1.89. The van der Waals surface area contributed by atoms with Crippen molar-refractivity contribution in [2.24, 2.45) is 0 Å². The zero-order chi connectivity index (χ0) is 11.9. The summed E-state index contributed by atoms with van der Waals surface area (Å²) in [7, 11) is 0. The quantitative estimate of drug-likeness (QED) is 0.301. The third-order valence-electron chi connectivity index (χ3n) is 3.16. The van der Waals surface area contributed by atoms with Crippen LogP contribution in [0.1, 0.15) is 83.5 Å². The number of unbranched alkanes of at least 4 members (excludes halogenated alkanes) is 12. The summed E-state index contributed by atoms with van der Waals surface area (Å²) in [5, 5.41) is 8.62. The van der Waals surface area contributed by atoms with Crippen LogP contribution in [0.25, 0.3) is 0 Å². The van der Waals surface area contributed by atoms with Crippen molar-refractivity contribution in [2.45, 2.75) is 83.5 Å². The van der Waals surface area contributed by atoms with E-state index in [1.165, 1.54) is 70.6 Å². The second-order valence-corrected chi connectivity index (χ2v) is 4.82. The van der Waals surface area contributed by atoms with Crippen molar-refractivity contribution in [3.8, 4) is 0 Å². The van der Waals surface area contributed by atoms with Crippen molar-refractivity contribution in [2.75, 3.05) is 6.61 Å². The molecule has 98 valence electrons. The third-order valence-corrected chi connectivity index (χ3v) is 3.16. The minimum atomic E-state index is 0. The molecular weight excluding hydrogens is 219 g/mol. The van der Waals surface area contributed by atoms with Gasteiger partial charge in [0.25, 0.3) is 0 Å². The van der Waals surface area contributed by atoms with E-state index < -0.39 is 0 Å². The molecule has 0 heterocycles. The Balaban J connectivity index is 0. The fourth-order valence-corrected chi connectivity index (χ4v) is 2.06.